The zero-order valence-corrected chi connectivity index (χ0v) is 7.15. The highest BCUT2D eigenvalue weighted by Gasteiger charge is 1.99. The molecule has 0 radical (unpaired) electrons. The maximum absolute atomic E-state index is 12.4. The second-order valence-corrected chi connectivity index (χ2v) is 2.59. The van der Waals surface area contributed by atoms with Gasteiger partial charge in [0.1, 0.15) is 0 Å². The van der Waals surface area contributed by atoms with Gasteiger partial charge >= 0.3 is 0 Å². The minimum Gasteiger partial charge on any atom is -0.402 e. The van der Waals surface area contributed by atoms with Gasteiger partial charge in [-0.2, -0.15) is 0 Å². The van der Waals surface area contributed by atoms with Crippen LogP contribution in [0.1, 0.15) is 6.92 Å². The molecule has 0 amide bonds. The monoisotopic (exact) mass is 242 g/mol. The van der Waals surface area contributed by atoms with Crippen molar-refractivity contribution in [2.45, 2.75) is 6.92 Å². The van der Waals surface area contributed by atoms with Gasteiger partial charge in [0.25, 0.3) is 0 Å². The third kappa shape index (κ3) is 2.69. The Morgan fingerprint density at radius 1 is 1.67 bits per heavy atom. The van der Waals surface area contributed by atoms with Crippen molar-refractivity contribution in [2.75, 3.05) is 0 Å². The largest absolute Gasteiger partial charge is 0.402 e. The normalized spacial score (nSPS) is 15.2. The van der Waals surface area contributed by atoms with Gasteiger partial charge in [0, 0.05) is 11.9 Å². The first-order chi connectivity index (χ1) is 4.09. The summed E-state index contributed by atoms with van der Waals surface area (Å²) in [5.41, 5.74) is 10.6. The fourth-order valence-electron chi connectivity index (χ4n) is 0.262. The molecule has 0 atom stereocenters. The zero-order valence-electron chi connectivity index (χ0n) is 4.99. The van der Waals surface area contributed by atoms with Gasteiger partial charge in [0.2, 0.25) is 0 Å². The number of halogens is 2. The predicted molar refractivity (Wildman–Crippen MR) is 44.3 cm³/mol. The summed E-state index contributed by atoms with van der Waals surface area (Å²) in [4.78, 5) is 0. The molecule has 0 spiro atoms. The molecule has 4 heteroatoms. The van der Waals surface area contributed by atoms with Gasteiger partial charge in [-0.05, 0) is 29.5 Å². The molecule has 0 aliphatic heterocycles. The molecule has 0 saturated carbocycles. The molecule has 4 N–H and O–H groups in total. The number of hydrogen-bond acceptors (Lipinski definition) is 2. The first kappa shape index (κ1) is 8.74. The minimum atomic E-state index is -0.476. The fourth-order valence-corrected chi connectivity index (χ4v) is 0.441. The quantitative estimate of drug-likeness (QED) is 0.539. The van der Waals surface area contributed by atoms with E-state index >= 15 is 0 Å². The first-order valence-corrected chi connectivity index (χ1v) is 3.37. The summed E-state index contributed by atoms with van der Waals surface area (Å²) in [5.74, 6) is -0.476. The standard InChI is InChI=1S/C5H8FIN2/c1-3(9)5(7)4(6)2-8/h2H,8-9H2,1H3/b4-2+,5-3+. The molecule has 0 aromatic rings. The van der Waals surface area contributed by atoms with Crippen LogP contribution in [0.5, 0.6) is 0 Å². The van der Waals surface area contributed by atoms with Crippen molar-refractivity contribution < 1.29 is 4.39 Å². The van der Waals surface area contributed by atoms with Gasteiger partial charge in [0.05, 0.1) is 3.58 Å². The third-order valence-corrected chi connectivity index (χ3v) is 2.07. The van der Waals surface area contributed by atoms with E-state index < -0.39 is 5.83 Å². The van der Waals surface area contributed by atoms with Crippen molar-refractivity contribution in [1.82, 2.24) is 0 Å². The topological polar surface area (TPSA) is 52.0 Å². The molecule has 2 nitrogen and oxygen atoms in total. The SMILES string of the molecule is C/C(N)=C(I)/C(F)=C\N. The summed E-state index contributed by atoms with van der Waals surface area (Å²) in [7, 11) is 0. The van der Waals surface area contributed by atoms with Crippen molar-refractivity contribution in [1.29, 1.82) is 0 Å². The molecule has 52 valence electrons. The maximum Gasteiger partial charge on any atom is 0.153 e. The van der Waals surface area contributed by atoms with Crippen molar-refractivity contribution in [2.24, 2.45) is 11.5 Å². The molecular weight excluding hydrogens is 234 g/mol. The van der Waals surface area contributed by atoms with Crippen LogP contribution in [-0.4, -0.2) is 0 Å². The molecule has 0 aliphatic rings. The summed E-state index contributed by atoms with van der Waals surface area (Å²) in [6, 6.07) is 0. The Labute approximate surface area is 66.9 Å². The fraction of sp³-hybridized carbons (Fsp3) is 0.200. The number of nitrogens with two attached hydrogens (primary N) is 2. The predicted octanol–water partition coefficient (Wildman–Crippen LogP) is 1.38. The highest BCUT2D eigenvalue weighted by molar-refractivity contribution is 14.1. The molecule has 0 saturated heterocycles. The van der Waals surface area contributed by atoms with Crippen LogP contribution >= 0.6 is 22.6 Å². The van der Waals surface area contributed by atoms with E-state index in [1.807, 2.05) is 0 Å². The summed E-state index contributed by atoms with van der Waals surface area (Å²) in [6.07, 6.45) is 0.887. The van der Waals surface area contributed by atoms with E-state index in [0.29, 0.717) is 9.28 Å². The van der Waals surface area contributed by atoms with E-state index in [-0.39, 0.29) is 0 Å². The lowest BCUT2D eigenvalue weighted by atomic mass is 10.4. The maximum atomic E-state index is 12.4. The van der Waals surface area contributed by atoms with Crippen LogP contribution in [0.3, 0.4) is 0 Å². The van der Waals surface area contributed by atoms with Crippen LogP contribution in [-0.2, 0) is 0 Å². The third-order valence-electron chi connectivity index (χ3n) is 0.702. The molecule has 0 heterocycles. The molecule has 0 bridgehead atoms. The highest BCUT2D eigenvalue weighted by atomic mass is 127. The Balaban J connectivity index is 4.40. The van der Waals surface area contributed by atoms with Gasteiger partial charge in [0.15, 0.2) is 5.83 Å². The van der Waals surface area contributed by atoms with Crippen molar-refractivity contribution in [3.05, 3.63) is 21.3 Å². The van der Waals surface area contributed by atoms with E-state index in [0.717, 1.165) is 6.20 Å². The second-order valence-electron chi connectivity index (χ2n) is 1.51. The highest BCUT2D eigenvalue weighted by Crippen LogP contribution is 2.19. The lowest BCUT2D eigenvalue weighted by molar-refractivity contribution is 0.659. The van der Waals surface area contributed by atoms with Gasteiger partial charge < -0.3 is 11.5 Å². The molecule has 9 heavy (non-hydrogen) atoms. The summed E-state index contributed by atoms with van der Waals surface area (Å²) >= 11 is 1.79. The zero-order chi connectivity index (χ0) is 7.44. The summed E-state index contributed by atoms with van der Waals surface area (Å²) in [6.45, 7) is 1.62. The first-order valence-electron chi connectivity index (χ1n) is 2.29. The van der Waals surface area contributed by atoms with Crippen molar-refractivity contribution in [3.8, 4) is 0 Å². The minimum absolute atomic E-state index is 0.370. The summed E-state index contributed by atoms with van der Waals surface area (Å²) in [5, 5.41) is 0. The number of rotatable bonds is 1. The van der Waals surface area contributed by atoms with E-state index in [9.17, 15) is 4.39 Å². The number of hydrogen-bond donors (Lipinski definition) is 2. The van der Waals surface area contributed by atoms with Gasteiger partial charge in [-0.3, -0.25) is 0 Å². The smallest absolute Gasteiger partial charge is 0.153 e. The lowest BCUT2D eigenvalue weighted by Gasteiger charge is -1.95. The van der Waals surface area contributed by atoms with E-state index in [2.05, 4.69) is 0 Å². The van der Waals surface area contributed by atoms with Crippen LogP contribution < -0.4 is 11.5 Å². The molecule has 0 aliphatic carbocycles. The van der Waals surface area contributed by atoms with Crippen LogP contribution in [0.15, 0.2) is 21.3 Å². The van der Waals surface area contributed by atoms with Gasteiger partial charge in [-0.25, -0.2) is 4.39 Å². The molecular formula is C5H8FIN2. The van der Waals surface area contributed by atoms with Crippen molar-refractivity contribution >= 4 is 22.6 Å². The average Bonchev–Trinajstić information content (AvgIpc) is 1.84. The Morgan fingerprint density at radius 3 is 2.22 bits per heavy atom. The second kappa shape index (κ2) is 3.71. The van der Waals surface area contributed by atoms with E-state index in [4.69, 9.17) is 11.5 Å². The van der Waals surface area contributed by atoms with Crippen molar-refractivity contribution in [3.63, 3.8) is 0 Å². The molecule has 0 unspecified atom stereocenters. The van der Waals surface area contributed by atoms with Crippen LogP contribution in [0, 0.1) is 0 Å². The molecule has 0 fully saturated rings. The number of allylic oxidation sites excluding steroid dienone is 3. The molecule has 0 aromatic heterocycles. The Bertz CT molecular complexity index is 158. The summed E-state index contributed by atoms with van der Waals surface area (Å²) < 4.78 is 12.7. The van der Waals surface area contributed by atoms with E-state index in [1.165, 1.54) is 0 Å². The Hall–Kier alpha value is -0.260. The van der Waals surface area contributed by atoms with Crippen LogP contribution in [0.4, 0.5) is 4.39 Å². The van der Waals surface area contributed by atoms with Crippen LogP contribution in [0.2, 0.25) is 0 Å². The Morgan fingerprint density at radius 2 is 2.11 bits per heavy atom. The van der Waals surface area contributed by atoms with Gasteiger partial charge in [-0.1, -0.05) is 0 Å². The Kier molecular flexibility index (Phi) is 3.60. The van der Waals surface area contributed by atoms with E-state index in [1.54, 1.807) is 29.5 Å². The molecule has 0 rings (SSSR count). The van der Waals surface area contributed by atoms with Gasteiger partial charge in [-0.15, -0.1) is 0 Å². The molecule has 0 aromatic carbocycles. The lowest BCUT2D eigenvalue weighted by Crippen LogP contribution is -1.95. The van der Waals surface area contributed by atoms with Crippen LogP contribution in [0.25, 0.3) is 0 Å². The average molecular weight is 242 g/mol.